The Kier molecular flexibility index (Phi) is 3.48. The molecule has 0 unspecified atom stereocenters. The van der Waals surface area contributed by atoms with Gasteiger partial charge < -0.3 is 0 Å². The maximum absolute atomic E-state index is 13.0. The highest BCUT2D eigenvalue weighted by molar-refractivity contribution is 9.09. The molecule has 0 fully saturated rings. The number of rotatable bonds is 2. The van der Waals surface area contributed by atoms with Gasteiger partial charge in [0.1, 0.15) is 5.82 Å². The summed E-state index contributed by atoms with van der Waals surface area (Å²) in [6.45, 7) is 1.96. The first-order valence-electron chi connectivity index (χ1n) is 3.71. The average Bonchev–Trinajstić information content (AvgIpc) is 2.09. The SMILES string of the molecule is C/C(=C/c1ccccc1F)CBr. The van der Waals surface area contributed by atoms with Crippen molar-refractivity contribution in [1.82, 2.24) is 0 Å². The molecule has 12 heavy (non-hydrogen) atoms. The Balaban J connectivity index is 2.96. The van der Waals surface area contributed by atoms with Crippen molar-refractivity contribution in [2.24, 2.45) is 0 Å². The minimum absolute atomic E-state index is 0.169. The molecule has 0 aliphatic heterocycles. The van der Waals surface area contributed by atoms with E-state index in [1.165, 1.54) is 6.07 Å². The van der Waals surface area contributed by atoms with Gasteiger partial charge >= 0.3 is 0 Å². The zero-order valence-electron chi connectivity index (χ0n) is 6.85. The number of allylic oxidation sites excluding steroid dienone is 1. The van der Waals surface area contributed by atoms with E-state index in [-0.39, 0.29) is 5.82 Å². The van der Waals surface area contributed by atoms with E-state index < -0.39 is 0 Å². The maximum atomic E-state index is 13.0. The lowest BCUT2D eigenvalue weighted by atomic mass is 10.1. The maximum Gasteiger partial charge on any atom is 0.130 e. The molecule has 1 aromatic carbocycles. The molecule has 0 aromatic heterocycles. The normalized spacial score (nSPS) is 11.8. The van der Waals surface area contributed by atoms with E-state index in [2.05, 4.69) is 15.9 Å². The van der Waals surface area contributed by atoms with E-state index in [0.717, 1.165) is 10.9 Å². The van der Waals surface area contributed by atoms with Crippen LogP contribution in [0.25, 0.3) is 6.08 Å². The Hall–Kier alpha value is -0.630. The van der Waals surface area contributed by atoms with Crippen molar-refractivity contribution in [3.63, 3.8) is 0 Å². The number of halogens is 2. The van der Waals surface area contributed by atoms with Gasteiger partial charge in [0.05, 0.1) is 0 Å². The van der Waals surface area contributed by atoms with E-state index in [4.69, 9.17) is 0 Å². The van der Waals surface area contributed by atoms with E-state index in [0.29, 0.717) is 5.56 Å². The van der Waals surface area contributed by atoms with Crippen molar-refractivity contribution >= 4 is 22.0 Å². The van der Waals surface area contributed by atoms with Crippen LogP contribution in [0.15, 0.2) is 29.8 Å². The number of hydrogen-bond donors (Lipinski definition) is 0. The molecule has 0 saturated carbocycles. The van der Waals surface area contributed by atoms with Gasteiger partial charge in [-0.3, -0.25) is 0 Å². The fourth-order valence-electron chi connectivity index (χ4n) is 0.896. The molecule has 0 N–H and O–H groups in total. The molecule has 0 saturated heterocycles. The van der Waals surface area contributed by atoms with Crippen LogP contribution in [0.1, 0.15) is 12.5 Å². The van der Waals surface area contributed by atoms with Crippen LogP contribution in [0.4, 0.5) is 4.39 Å². The Bertz CT molecular complexity index is 292. The van der Waals surface area contributed by atoms with Crippen LogP contribution in [-0.2, 0) is 0 Å². The zero-order chi connectivity index (χ0) is 8.97. The third kappa shape index (κ3) is 2.45. The van der Waals surface area contributed by atoms with Crippen molar-refractivity contribution < 1.29 is 4.39 Å². The van der Waals surface area contributed by atoms with Gasteiger partial charge in [0, 0.05) is 10.9 Å². The summed E-state index contributed by atoms with van der Waals surface area (Å²) in [6.07, 6.45) is 1.84. The van der Waals surface area contributed by atoms with Crippen LogP contribution in [0.5, 0.6) is 0 Å². The quantitative estimate of drug-likeness (QED) is 0.679. The second-order valence-corrected chi connectivity index (χ2v) is 3.21. The Morgan fingerprint density at radius 1 is 1.50 bits per heavy atom. The molecule has 0 radical (unpaired) electrons. The van der Waals surface area contributed by atoms with Crippen molar-refractivity contribution in [1.29, 1.82) is 0 Å². The van der Waals surface area contributed by atoms with E-state index in [1.54, 1.807) is 12.1 Å². The summed E-state index contributed by atoms with van der Waals surface area (Å²) in [5.41, 5.74) is 1.76. The summed E-state index contributed by atoms with van der Waals surface area (Å²) < 4.78 is 13.0. The molecule has 0 nitrogen and oxygen atoms in total. The van der Waals surface area contributed by atoms with Gasteiger partial charge in [0.25, 0.3) is 0 Å². The number of benzene rings is 1. The highest BCUT2D eigenvalue weighted by atomic mass is 79.9. The molecule has 0 heterocycles. The molecule has 0 bridgehead atoms. The molecular weight excluding hydrogens is 219 g/mol. The summed E-state index contributed by atoms with van der Waals surface area (Å²) in [6, 6.07) is 6.75. The van der Waals surface area contributed by atoms with Crippen LogP contribution in [-0.4, -0.2) is 5.33 Å². The summed E-state index contributed by atoms with van der Waals surface area (Å²) in [4.78, 5) is 0. The topological polar surface area (TPSA) is 0 Å². The minimum atomic E-state index is -0.169. The van der Waals surface area contributed by atoms with Crippen LogP contribution < -0.4 is 0 Å². The average molecular weight is 229 g/mol. The fourth-order valence-corrected chi connectivity index (χ4v) is 1.06. The van der Waals surface area contributed by atoms with Gasteiger partial charge in [-0.25, -0.2) is 4.39 Å². The summed E-state index contributed by atoms with van der Waals surface area (Å²) >= 11 is 3.31. The van der Waals surface area contributed by atoms with Crippen molar-refractivity contribution in [3.8, 4) is 0 Å². The highest BCUT2D eigenvalue weighted by Gasteiger charge is 1.96. The third-order valence-corrected chi connectivity index (χ3v) is 2.40. The fraction of sp³-hybridized carbons (Fsp3) is 0.200. The van der Waals surface area contributed by atoms with Gasteiger partial charge in [0.2, 0.25) is 0 Å². The lowest BCUT2D eigenvalue weighted by Gasteiger charge is -1.97. The zero-order valence-corrected chi connectivity index (χ0v) is 8.44. The van der Waals surface area contributed by atoms with Gasteiger partial charge in [-0.2, -0.15) is 0 Å². The van der Waals surface area contributed by atoms with Crippen LogP contribution >= 0.6 is 15.9 Å². The van der Waals surface area contributed by atoms with Crippen LogP contribution in [0.3, 0.4) is 0 Å². The summed E-state index contributed by atoms with van der Waals surface area (Å²) in [7, 11) is 0. The summed E-state index contributed by atoms with van der Waals surface area (Å²) in [5.74, 6) is -0.169. The van der Waals surface area contributed by atoms with Gasteiger partial charge in [0.15, 0.2) is 0 Å². The molecule has 0 amide bonds. The molecular formula is C10H10BrF. The largest absolute Gasteiger partial charge is 0.206 e. The first-order chi connectivity index (χ1) is 5.74. The van der Waals surface area contributed by atoms with E-state index in [1.807, 2.05) is 19.1 Å². The highest BCUT2D eigenvalue weighted by Crippen LogP contribution is 2.11. The molecule has 1 rings (SSSR count). The van der Waals surface area contributed by atoms with Gasteiger partial charge in [-0.15, -0.1) is 0 Å². The first-order valence-corrected chi connectivity index (χ1v) is 4.84. The van der Waals surface area contributed by atoms with Gasteiger partial charge in [-0.1, -0.05) is 45.8 Å². The Morgan fingerprint density at radius 2 is 2.17 bits per heavy atom. The number of alkyl halides is 1. The van der Waals surface area contributed by atoms with E-state index in [9.17, 15) is 4.39 Å². The molecule has 0 aliphatic carbocycles. The molecule has 1 aromatic rings. The monoisotopic (exact) mass is 228 g/mol. The lowest BCUT2D eigenvalue weighted by Crippen LogP contribution is -1.82. The molecule has 0 atom stereocenters. The minimum Gasteiger partial charge on any atom is -0.206 e. The second-order valence-electron chi connectivity index (χ2n) is 2.65. The predicted molar refractivity (Wildman–Crippen MR) is 53.8 cm³/mol. The third-order valence-electron chi connectivity index (χ3n) is 1.52. The summed E-state index contributed by atoms with van der Waals surface area (Å²) in [5, 5.41) is 0.779. The van der Waals surface area contributed by atoms with E-state index >= 15 is 0 Å². The van der Waals surface area contributed by atoms with Crippen LogP contribution in [0, 0.1) is 5.82 Å². The standard InChI is InChI=1S/C10H10BrF/c1-8(7-11)6-9-4-2-3-5-10(9)12/h2-6H,7H2,1H3/b8-6-. The van der Waals surface area contributed by atoms with Crippen molar-refractivity contribution in [3.05, 3.63) is 41.2 Å². The van der Waals surface area contributed by atoms with Gasteiger partial charge in [-0.05, 0) is 13.0 Å². The Morgan fingerprint density at radius 3 is 2.75 bits per heavy atom. The Labute approximate surface area is 80.2 Å². The molecule has 2 heteroatoms. The molecule has 0 aliphatic rings. The van der Waals surface area contributed by atoms with Crippen molar-refractivity contribution in [2.75, 3.05) is 5.33 Å². The smallest absolute Gasteiger partial charge is 0.130 e. The number of hydrogen-bond acceptors (Lipinski definition) is 0. The molecule has 0 spiro atoms. The predicted octanol–water partition coefficient (Wildman–Crippen LogP) is 3.62. The molecule has 64 valence electrons. The first kappa shape index (κ1) is 9.46. The lowest BCUT2D eigenvalue weighted by molar-refractivity contribution is 0.625. The van der Waals surface area contributed by atoms with Crippen LogP contribution in [0.2, 0.25) is 0 Å². The second kappa shape index (κ2) is 4.41. The van der Waals surface area contributed by atoms with Crippen molar-refractivity contribution in [2.45, 2.75) is 6.92 Å².